The van der Waals surface area contributed by atoms with Gasteiger partial charge in [-0.1, -0.05) is 65.9 Å². The summed E-state index contributed by atoms with van der Waals surface area (Å²) in [5.74, 6) is 0.944. The third kappa shape index (κ3) is 4.36. The van der Waals surface area contributed by atoms with Gasteiger partial charge in [-0.25, -0.2) is 4.98 Å². The largest absolute Gasteiger partial charge is 0.358 e. The van der Waals surface area contributed by atoms with E-state index in [0.29, 0.717) is 11.7 Å². The Hall–Kier alpha value is -3.45. The summed E-state index contributed by atoms with van der Waals surface area (Å²) in [6, 6.07) is 18.4. The number of para-hydroxylation sites is 1. The number of nitrogens with zero attached hydrogens (tertiary/aromatic N) is 4. The number of thioether (sulfide) groups is 1. The molecule has 1 N–H and O–H groups in total. The van der Waals surface area contributed by atoms with E-state index in [1.807, 2.05) is 28.8 Å². The van der Waals surface area contributed by atoms with Gasteiger partial charge >= 0.3 is 0 Å². The minimum Gasteiger partial charge on any atom is -0.358 e. The molecule has 0 bridgehead atoms. The summed E-state index contributed by atoms with van der Waals surface area (Å²) in [5.41, 5.74) is 4.96. The first kappa shape index (κ1) is 20.8. The van der Waals surface area contributed by atoms with Crippen LogP contribution in [0.3, 0.4) is 0 Å². The predicted molar refractivity (Wildman–Crippen MR) is 126 cm³/mol. The normalized spacial score (nSPS) is 10.9. The quantitative estimate of drug-likeness (QED) is 0.346. The van der Waals surface area contributed by atoms with Gasteiger partial charge in [0.2, 0.25) is 5.91 Å². The van der Waals surface area contributed by atoms with Gasteiger partial charge in [-0.3, -0.25) is 9.36 Å². The summed E-state index contributed by atoms with van der Waals surface area (Å²) < 4.78 is 1.99. The summed E-state index contributed by atoms with van der Waals surface area (Å²) in [7, 11) is 1.62. The molecule has 0 saturated heterocycles. The molecule has 0 aliphatic rings. The number of nitrogens with one attached hydrogen (secondary N) is 1. The van der Waals surface area contributed by atoms with Gasteiger partial charge in [0.25, 0.3) is 0 Å². The predicted octanol–water partition coefficient (Wildman–Crippen LogP) is 4.49. The maximum atomic E-state index is 11.7. The van der Waals surface area contributed by atoms with E-state index < -0.39 is 0 Å². The molecule has 0 aliphatic carbocycles. The number of pyridine rings is 1. The zero-order valence-electron chi connectivity index (χ0n) is 17.5. The number of aryl methyl sites for hydroxylation is 1. The lowest BCUT2D eigenvalue weighted by atomic mass is 10.0. The highest BCUT2D eigenvalue weighted by Crippen LogP contribution is 2.33. The van der Waals surface area contributed by atoms with Gasteiger partial charge in [0, 0.05) is 30.1 Å². The van der Waals surface area contributed by atoms with Crippen LogP contribution < -0.4 is 5.32 Å². The smallest absolute Gasteiger partial charge is 0.230 e. The van der Waals surface area contributed by atoms with E-state index in [-0.39, 0.29) is 11.7 Å². The number of benzene rings is 2. The van der Waals surface area contributed by atoms with Crippen LogP contribution in [0.1, 0.15) is 5.56 Å². The molecule has 0 spiro atoms. The van der Waals surface area contributed by atoms with Crippen LogP contribution in [0.2, 0.25) is 0 Å². The van der Waals surface area contributed by atoms with Gasteiger partial charge in [-0.2, -0.15) is 0 Å². The molecule has 1 amide bonds. The molecule has 4 rings (SSSR count). The average Bonchev–Trinajstić information content (AvgIpc) is 3.19. The van der Waals surface area contributed by atoms with Crippen molar-refractivity contribution in [3.8, 4) is 22.6 Å². The fraction of sp³-hybridized carbons (Fsp3) is 0.167. The van der Waals surface area contributed by atoms with E-state index in [0.717, 1.165) is 33.5 Å². The molecule has 7 heteroatoms. The van der Waals surface area contributed by atoms with Crippen molar-refractivity contribution in [2.45, 2.75) is 18.6 Å². The fourth-order valence-corrected chi connectivity index (χ4v) is 4.14. The van der Waals surface area contributed by atoms with E-state index in [4.69, 9.17) is 4.98 Å². The number of hydrogen-bond acceptors (Lipinski definition) is 5. The molecular weight excluding hydrogens is 406 g/mol. The van der Waals surface area contributed by atoms with Crippen molar-refractivity contribution in [2.24, 2.45) is 0 Å². The van der Waals surface area contributed by atoms with Gasteiger partial charge in [-0.15, -0.1) is 16.8 Å². The van der Waals surface area contributed by atoms with Gasteiger partial charge in [0.1, 0.15) is 0 Å². The molecule has 0 fully saturated rings. The fourth-order valence-electron chi connectivity index (χ4n) is 3.32. The Bertz CT molecular complexity index is 1250. The Morgan fingerprint density at radius 1 is 1.16 bits per heavy atom. The van der Waals surface area contributed by atoms with Crippen molar-refractivity contribution in [3.63, 3.8) is 0 Å². The molecule has 6 nitrogen and oxygen atoms in total. The maximum Gasteiger partial charge on any atom is 0.230 e. The monoisotopic (exact) mass is 429 g/mol. The van der Waals surface area contributed by atoms with Gasteiger partial charge in [0.05, 0.1) is 17.0 Å². The molecular formula is C24H23N5OS. The SMILES string of the molecule is C=CCn1c(SCC(=O)NC)nnc1-c1cc(-c2ccc(C)cc2)nc2ccccc12. The number of amides is 1. The topological polar surface area (TPSA) is 72.7 Å². The van der Waals surface area contributed by atoms with Crippen LogP contribution in [-0.4, -0.2) is 38.5 Å². The van der Waals surface area contributed by atoms with E-state index in [1.54, 1.807) is 13.1 Å². The molecule has 31 heavy (non-hydrogen) atoms. The summed E-state index contributed by atoms with van der Waals surface area (Å²) in [5, 5.41) is 13.2. The molecule has 2 aromatic heterocycles. The van der Waals surface area contributed by atoms with Crippen molar-refractivity contribution in [1.82, 2.24) is 25.1 Å². The first-order valence-electron chi connectivity index (χ1n) is 9.95. The molecule has 0 radical (unpaired) electrons. The van der Waals surface area contributed by atoms with Crippen LogP contribution in [0.15, 0.2) is 72.4 Å². The summed E-state index contributed by atoms with van der Waals surface area (Å²) in [6.45, 7) is 6.49. The summed E-state index contributed by atoms with van der Waals surface area (Å²) in [4.78, 5) is 16.6. The Labute approximate surface area is 185 Å². The first-order chi connectivity index (χ1) is 15.1. The number of hydrogen-bond donors (Lipinski definition) is 1. The Morgan fingerprint density at radius 2 is 1.94 bits per heavy atom. The Balaban J connectivity index is 1.87. The number of allylic oxidation sites excluding steroid dienone is 1. The van der Waals surface area contributed by atoms with E-state index in [2.05, 4.69) is 59.3 Å². The number of rotatable bonds is 7. The van der Waals surface area contributed by atoms with Crippen LogP contribution >= 0.6 is 11.8 Å². The van der Waals surface area contributed by atoms with Gasteiger partial charge in [-0.05, 0) is 19.1 Å². The summed E-state index contributed by atoms with van der Waals surface area (Å²) in [6.07, 6.45) is 1.81. The molecule has 0 saturated carbocycles. The Morgan fingerprint density at radius 3 is 2.68 bits per heavy atom. The lowest BCUT2D eigenvalue weighted by molar-refractivity contribution is -0.118. The van der Waals surface area contributed by atoms with Crippen molar-refractivity contribution >= 4 is 28.6 Å². The second-order valence-corrected chi connectivity index (χ2v) is 8.05. The summed E-state index contributed by atoms with van der Waals surface area (Å²) >= 11 is 1.36. The van der Waals surface area contributed by atoms with Crippen LogP contribution in [-0.2, 0) is 11.3 Å². The molecule has 0 atom stereocenters. The third-order valence-electron chi connectivity index (χ3n) is 4.94. The Kier molecular flexibility index (Phi) is 6.13. The van der Waals surface area contributed by atoms with E-state index >= 15 is 0 Å². The van der Waals surface area contributed by atoms with E-state index in [1.165, 1.54) is 17.3 Å². The molecule has 0 aliphatic heterocycles. The van der Waals surface area contributed by atoms with E-state index in [9.17, 15) is 4.79 Å². The average molecular weight is 430 g/mol. The molecule has 0 unspecified atom stereocenters. The molecule has 4 aromatic rings. The molecule has 2 aromatic carbocycles. The second kappa shape index (κ2) is 9.14. The van der Waals surface area contributed by atoms with Gasteiger partial charge < -0.3 is 5.32 Å². The van der Waals surface area contributed by atoms with Crippen LogP contribution in [0.25, 0.3) is 33.5 Å². The van der Waals surface area contributed by atoms with Crippen LogP contribution in [0.4, 0.5) is 0 Å². The highest BCUT2D eigenvalue weighted by Gasteiger charge is 2.18. The van der Waals surface area contributed by atoms with Crippen LogP contribution in [0.5, 0.6) is 0 Å². The number of carbonyl (C=O) groups excluding carboxylic acids is 1. The van der Waals surface area contributed by atoms with Crippen molar-refractivity contribution in [2.75, 3.05) is 12.8 Å². The van der Waals surface area contributed by atoms with Gasteiger partial charge in [0.15, 0.2) is 11.0 Å². The lowest BCUT2D eigenvalue weighted by Gasteiger charge is -2.12. The van der Waals surface area contributed by atoms with Crippen LogP contribution in [0, 0.1) is 6.92 Å². The standard InChI is InChI=1S/C24H23N5OS/c1-4-13-29-23(27-28-24(29)31-15-22(30)25-3)19-14-21(17-11-9-16(2)10-12-17)26-20-8-6-5-7-18(19)20/h4-12,14H,1,13,15H2,2-3H3,(H,25,30). The number of aromatic nitrogens is 4. The van der Waals surface area contributed by atoms with Crippen molar-refractivity contribution in [1.29, 1.82) is 0 Å². The number of carbonyl (C=O) groups is 1. The minimum absolute atomic E-state index is 0.0595. The zero-order valence-corrected chi connectivity index (χ0v) is 18.3. The lowest BCUT2D eigenvalue weighted by Crippen LogP contribution is -2.20. The second-order valence-electron chi connectivity index (χ2n) is 7.11. The highest BCUT2D eigenvalue weighted by molar-refractivity contribution is 7.99. The molecule has 156 valence electrons. The van der Waals surface area contributed by atoms with Crippen molar-refractivity contribution in [3.05, 3.63) is 72.8 Å². The maximum absolute atomic E-state index is 11.7. The zero-order chi connectivity index (χ0) is 21.8. The van der Waals surface area contributed by atoms with Crippen molar-refractivity contribution < 1.29 is 4.79 Å². The first-order valence-corrected chi connectivity index (χ1v) is 10.9. The minimum atomic E-state index is -0.0595. The molecule has 2 heterocycles. The number of fused-ring (bicyclic) bond motifs is 1. The highest BCUT2D eigenvalue weighted by atomic mass is 32.2. The third-order valence-corrected chi connectivity index (χ3v) is 5.91.